The minimum Gasteiger partial charge on any atom is -0.497 e. The van der Waals surface area contributed by atoms with E-state index in [1.54, 1.807) is 7.11 Å². The Hall–Kier alpha value is -1.56. The van der Waals surface area contributed by atoms with Crippen molar-refractivity contribution in [3.05, 3.63) is 18.2 Å². The molecule has 0 aliphatic rings. The van der Waals surface area contributed by atoms with Gasteiger partial charge in [-0.05, 0) is 12.1 Å². The zero-order valence-corrected chi connectivity index (χ0v) is 11.4. The van der Waals surface area contributed by atoms with E-state index in [0.29, 0.717) is 24.0 Å². The van der Waals surface area contributed by atoms with Gasteiger partial charge >= 0.3 is 0 Å². The van der Waals surface area contributed by atoms with E-state index in [0.717, 1.165) is 16.8 Å². The van der Waals surface area contributed by atoms with Crippen molar-refractivity contribution < 1.29 is 8.95 Å². The van der Waals surface area contributed by atoms with Crippen LogP contribution in [-0.2, 0) is 17.3 Å². The fourth-order valence-electron chi connectivity index (χ4n) is 1.82. The molecule has 0 saturated carbocycles. The number of aryl methyl sites for hydroxylation is 1. The Kier molecular flexibility index (Phi) is 3.86. The van der Waals surface area contributed by atoms with Crippen LogP contribution in [0.4, 0.5) is 5.95 Å². The summed E-state index contributed by atoms with van der Waals surface area (Å²) in [5.41, 5.74) is 7.63. The molecule has 0 bridgehead atoms. The lowest BCUT2D eigenvalue weighted by molar-refractivity contribution is 0.415. The van der Waals surface area contributed by atoms with Gasteiger partial charge in [-0.2, -0.15) is 0 Å². The first-order valence-corrected chi connectivity index (χ1v) is 7.29. The fourth-order valence-corrected chi connectivity index (χ4v) is 2.50. The molecular formula is C12H17N3O2S. The van der Waals surface area contributed by atoms with Crippen LogP contribution in [0.15, 0.2) is 18.2 Å². The van der Waals surface area contributed by atoms with Gasteiger partial charge in [-0.25, -0.2) is 4.98 Å². The Balaban J connectivity index is 2.35. The quantitative estimate of drug-likeness (QED) is 0.889. The van der Waals surface area contributed by atoms with Crippen molar-refractivity contribution in [2.45, 2.75) is 13.5 Å². The first-order chi connectivity index (χ1) is 8.65. The van der Waals surface area contributed by atoms with Crippen LogP contribution in [0.3, 0.4) is 0 Å². The maximum atomic E-state index is 11.5. The molecule has 1 atom stereocenters. The SMILES string of the molecule is CCS(=O)CCn1c(N)nc2ccc(OC)cc21. The van der Waals surface area contributed by atoms with Gasteiger partial charge < -0.3 is 15.0 Å². The number of nitrogen functional groups attached to an aromatic ring is 1. The highest BCUT2D eigenvalue weighted by Gasteiger charge is 2.09. The Labute approximate surface area is 108 Å². The van der Waals surface area contributed by atoms with Crippen LogP contribution in [-0.4, -0.2) is 32.4 Å². The summed E-state index contributed by atoms with van der Waals surface area (Å²) in [5, 5.41) is 0. The molecule has 0 radical (unpaired) electrons. The van der Waals surface area contributed by atoms with Crippen molar-refractivity contribution in [2.24, 2.45) is 0 Å². The molecular weight excluding hydrogens is 250 g/mol. The Bertz CT molecular complexity index is 580. The molecule has 18 heavy (non-hydrogen) atoms. The van der Waals surface area contributed by atoms with Crippen molar-refractivity contribution in [1.82, 2.24) is 9.55 Å². The lowest BCUT2D eigenvalue weighted by Gasteiger charge is -2.06. The monoisotopic (exact) mass is 267 g/mol. The summed E-state index contributed by atoms with van der Waals surface area (Å²) in [5.74, 6) is 2.46. The fraction of sp³-hybridized carbons (Fsp3) is 0.417. The zero-order chi connectivity index (χ0) is 13.1. The number of hydrogen-bond acceptors (Lipinski definition) is 4. The molecule has 0 fully saturated rings. The normalized spacial score (nSPS) is 12.8. The van der Waals surface area contributed by atoms with Crippen molar-refractivity contribution >= 4 is 27.8 Å². The third-order valence-electron chi connectivity index (χ3n) is 2.85. The molecule has 0 aliphatic heterocycles. The number of fused-ring (bicyclic) bond motifs is 1. The van der Waals surface area contributed by atoms with Gasteiger partial charge in [0.1, 0.15) is 5.75 Å². The van der Waals surface area contributed by atoms with E-state index in [1.807, 2.05) is 29.7 Å². The number of benzene rings is 1. The molecule has 1 aromatic heterocycles. The lowest BCUT2D eigenvalue weighted by Crippen LogP contribution is -2.11. The predicted molar refractivity (Wildman–Crippen MR) is 74.2 cm³/mol. The molecule has 1 aromatic carbocycles. The molecule has 2 rings (SSSR count). The minimum absolute atomic E-state index is 0.450. The van der Waals surface area contributed by atoms with Crippen LogP contribution in [0.2, 0.25) is 0 Å². The van der Waals surface area contributed by atoms with Crippen LogP contribution in [0.25, 0.3) is 11.0 Å². The minimum atomic E-state index is -0.805. The summed E-state index contributed by atoms with van der Waals surface area (Å²) < 4.78 is 18.6. The molecule has 0 spiro atoms. The topological polar surface area (TPSA) is 70.1 Å². The second kappa shape index (κ2) is 5.39. The first-order valence-electron chi connectivity index (χ1n) is 5.80. The molecule has 5 nitrogen and oxygen atoms in total. The number of imidazole rings is 1. The van der Waals surface area contributed by atoms with Gasteiger partial charge in [-0.15, -0.1) is 0 Å². The van der Waals surface area contributed by atoms with Crippen LogP contribution in [0.5, 0.6) is 5.75 Å². The number of nitrogens with zero attached hydrogens (tertiary/aromatic N) is 2. The number of rotatable bonds is 5. The van der Waals surface area contributed by atoms with Crippen LogP contribution >= 0.6 is 0 Å². The highest BCUT2D eigenvalue weighted by atomic mass is 32.2. The van der Waals surface area contributed by atoms with Crippen molar-refractivity contribution in [1.29, 1.82) is 0 Å². The highest BCUT2D eigenvalue weighted by Crippen LogP contribution is 2.22. The van der Waals surface area contributed by atoms with Crippen molar-refractivity contribution in [3.63, 3.8) is 0 Å². The summed E-state index contributed by atoms with van der Waals surface area (Å²) in [6.45, 7) is 2.52. The van der Waals surface area contributed by atoms with Gasteiger partial charge in [0.05, 0.1) is 18.1 Å². The molecule has 1 heterocycles. The van der Waals surface area contributed by atoms with Gasteiger partial charge in [-0.3, -0.25) is 4.21 Å². The van der Waals surface area contributed by atoms with E-state index in [4.69, 9.17) is 10.5 Å². The number of ether oxygens (including phenoxy) is 1. The Morgan fingerprint density at radius 1 is 1.50 bits per heavy atom. The Morgan fingerprint density at radius 3 is 2.94 bits per heavy atom. The lowest BCUT2D eigenvalue weighted by atomic mass is 10.3. The predicted octanol–water partition coefficient (Wildman–Crippen LogP) is 1.40. The number of aromatic nitrogens is 2. The average Bonchev–Trinajstić information content (AvgIpc) is 2.70. The number of methoxy groups -OCH3 is 1. The molecule has 1 unspecified atom stereocenters. The van der Waals surface area contributed by atoms with Crippen molar-refractivity contribution in [3.8, 4) is 5.75 Å². The van der Waals surface area contributed by atoms with Gasteiger partial charge in [0.25, 0.3) is 0 Å². The molecule has 2 aromatic rings. The molecule has 98 valence electrons. The van der Waals surface area contributed by atoms with E-state index in [1.165, 1.54) is 0 Å². The van der Waals surface area contributed by atoms with Gasteiger partial charge in [0, 0.05) is 34.9 Å². The van der Waals surface area contributed by atoms with Gasteiger partial charge in [-0.1, -0.05) is 6.92 Å². The highest BCUT2D eigenvalue weighted by molar-refractivity contribution is 7.84. The summed E-state index contributed by atoms with van der Waals surface area (Å²) in [4.78, 5) is 4.28. The summed E-state index contributed by atoms with van der Waals surface area (Å²) in [6.07, 6.45) is 0. The number of nitrogens with two attached hydrogens (primary N) is 1. The molecule has 0 amide bonds. The van der Waals surface area contributed by atoms with Crippen LogP contribution < -0.4 is 10.5 Å². The second-order valence-corrected chi connectivity index (χ2v) is 5.77. The van der Waals surface area contributed by atoms with Crippen molar-refractivity contribution in [2.75, 3.05) is 24.3 Å². The zero-order valence-electron chi connectivity index (χ0n) is 10.5. The van der Waals surface area contributed by atoms with Gasteiger partial charge in [0.15, 0.2) is 0 Å². The smallest absolute Gasteiger partial charge is 0.201 e. The number of anilines is 1. The summed E-state index contributed by atoms with van der Waals surface area (Å²) in [7, 11) is 0.817. The molecule has 0 aliphatic carbocycles. The second-order valence-electron chi connectivity index (χ2n) is 3.91. The van der Waals surface area contributed by atoms with E-state index in [-0.39, 0.29) is 0 Å². The van der Waals surface area contributed by atoms with Crippen LogP contribution in [0, 0.1) is 0 Å². The average molecular weight is 267 g/mol. The van der Waals surface area contributed by atoms with E-state index in [2.05, 4.69) is 4.98 Å². The number of hydrogen-bond donors (Lipinski definition) is 1. The first kappa shape index (κ1) is 12.9. The van der Waals surface area contributed by atoms with E-state index in [9.17, 15) is 4.21 Å². The summed E-state index contributed by atoms with van der Waals surface area (Å²) in [6, 6.07) is 5.62. The van der Waals surface area contributed by atoms with Gasteiger partial charge in [0.2, 0.25) is 5.95 Å². The maximum absolute atomic E-state index is 11.5. The molecule has 2 N–H and O–H groups in total. The largest absolute Gasteiger partial charge is 0.497 e. The molecule has 6 heteroatoms. The standard InChI is InChI=1S/C12H17N3O2S/c1-3-18(16)7-6-15-11-8-9(17-2)4-5-10(11)14-12(15)13/h4-5,8H,3,6-7H2,1-2H3,(H2,13,14). The summed E-state index contributed by atoms with van der Waals surface area (Å²) >= 11 is 0. The van der Waals surface area contributed by atoms with Crippen LogP contribution in [0.1, 0.15) is 6.92 Å². The van der Waals surface area contributed by atoms with E-state index < -0.39 is 10.8 Å². The maximum Gasteiger partial charge on any atom is 0.201 e. The van der Waals surface area contributed by atoms with E-state index >= 15 is 0 Å². The third kappa shape index (κ3) is 2.48. The molecule has 0 saturated heterocycles. The Morgan fingerprint density at radius 2 is 2.28 bits per heavy atom. The third-order valence-corrected chi connectivity index (χ3v) is 4.13.